The van der Waals surface area contributed by atoms with Crippen molar-refractivity contribution in [2.45, 2.75) is 12.5 Å². The van der Waals surface area contributed by atoms with Gasteiger partial charge in [0.25, 0.3) is 11.7 Å². The standard InChI is InChI=1S/C25H16F3NO4/c26-16-4-1-13(2-5-16)22-21(23(30)15-3-8-20-14(11-15)9-10-33-20)24(31)25(32)29(22)19-7-6-17(27)12-18(19)28/h1-8,11-12,22,30H,9-10H2/b23-21-. The third-order valence-corrected chi connectivity index (χ3v) is 5.76. The van der Waals surface area contributed by atoms with Crippen LogP contribution in [0.15, 0.2) is 66.2 Å². The molecule has 1 N–H and O–H groups in total. The zero-order valence-electron chi connectivity index (χ0n) is 17.0. The van der Waals surface area contributed by atoms with Crippen LogP contribution in [0.5, 0.6) is 5.75 Å². The van der Waals surface area contributed by atoms with E-state index in [0.29, 0.717) is 24.8 Å². The molecule has 0 aromatic heterocycles. The average Bonchev–Trinajstić information content (AvgIpc) is 3.36. The number of hydrogen-bond acceptors (Lipinski definition) is 4. The summed E-state index contributed by atoms with van der Waals surface area (Å²) in [6, 6.07) is 11.1. The van der Waals surface area contributed by atoms with Crippen LogP contribution < -0.4 is 9.64 Å². The maximum absolute atomic E-state index is 14.7. The van der Waals surface area contributed by atoms with E-state index in [-0.39, 0.29) is 22.4 Å². The lowest BCUT2D eigenvalue weighted by Crippen LogP contribution is -2.30. The number of Topliss-reactive ketones (excluding diaryl/α,β-unsaturated/α-hetero) is 1. The summed E-state index contributed by atoms with van der Waals surface area (Å²) < 4.78 is 47.2. The van der Waals surface area contributed by atoms with Crippen molar-refractivity contribution in [1.29, 1.82) is 0 Å². The number of nitrogens with zero attached hydrogens (tertiary/aromatic N) is 1. The van der Waals surface area contributed by atoms with Crippen LogP contribution in [0.1, 0.15) is 22.7 Å². The maximum Gasteiger partial charge on any atom is 0.300 e. The molecule has 1 amide bonds. The number of ether oxygens (including phenoxy) is 1. The van der Waals surface area contributed by atoms with Crippen LogP contribution in [0, 0.1) is 17.5 Å². The van der Waals surface area contributed by atoms with Crippen molar-refractivity contribution in [3.05, 3.63) is 100 Å². The summed E-state index contributed by atoms with van der Waals surface area (Å²) in [4.78, 5) is 26.9. The second-order valence-corrected chi connectivity index (χ2v) is 7.74. The molecule has 1 unspecified atom stereocenters. The van der Waals surface area contributed by atoms with Gasteiger partial charge < -0.3 is 9.84 Å². The second-order valence-electron chi connectivity index (χ2n) is 7.74. The number of ketones is 1. The Morgan fingerprint density at radius 3 is 2.39 bits per heavy atom. The molecule has 0 aliphatic carbocycles. The van der Waals surface area contributed by atoms with Gasteiger partial charge in [0.1, 0.15) is 29.0 Å². The number of aliphatic hydroxyl groups excluding tert-OH is 1. The molecular weight excluding hydrogens is 435 g/mol. The Balaban J connectivity index is 1.72. The molecule has 0 radical (unpaired) electrons. The summed E-state index contributed by atoms with van der Waals surface area (Å²) in [5.74, 6) is -4.39. The highest BCUT2D eigenvalue weighted by Crippen LogP contribution is 2.43. The number of benzene rings is 3. The van der Waals surface area contributed by atoms with E-state index in [1.807, 2.05) is 0 Å². The minimum atomic E-state index is -1.25. The summed E-state index contributed by atoms with van der Waals surface area (Å²) in [5, 5.41) is 11.1. The van der Waals surface area contributed by atoms with Crippen molar-refractivity contribution < 1.29 is 32.6 Å². The monoisotopic (exact) mass is 451 g/mol. The Kier molecular flexibility index (Phi) is 4.92. The number of anilines is 1. The molecule has 2 heterocycles. The first-order chi connectivity index (χ1) is 15.8. The van der Waals surface area contributed by atoms with Gasteiger partial charge in [-0.15, -0.1) is 0 Å². The minimum absolute atomic E-state index is 0.269. The predicted molar refractivity (Wildman–Crippen MR) is 113 cm³/mol. The third-order valence-electron chi connectivity index (χ3n) is 5.76. The summed E-state index contributed by atoms with van der Waals surface area (Å²) in [6.45, 7) is 0.489. The molecule has 0 bridgehead atoms. The van der Waals surface area contributed by atoms with E-state index in [1.165, 1.54) is 12.1 Å². The molecule has 3 aromatic carbocycles. The van der Waals surface area contributed by atoms with Crippen LogP contribution in [0.2, 0.25) is 0 Å². The number of aliphatic hydroxyl groups is 1. The van der Waals surface area contributed by atoms with Crippen LogP contribution >= 0.6 is 0 Å². The van der Waals surface area contributed by atoms with Crippen molar-refractivity contribution in [3.8, 4) is 5.75 Å². The number of hydrogen-bond donors (Lipinski definition) is 1. The zero-order chi connectivity index (χ0) is 23.3. The molecule has 166 valence electrons. The highest BCUT2D eigenvalue weighted by atomic mass is 19.1. The van der Waals surface area contributed by atoms with Gasteiger partial charge in [-0.05, 0) is 53.6 Å². The summed E-state index contributed by atoms with van der Waals surface area (Å²) >= 11 is 0. The van der Waals surface area contributed by atoms with Gasteiger partial charge in [0.05, 0.1) is 23.9 Å². The predicted octanol–water partition coefficient (Wildman–Crippen LogP) is 4.67. The molecule has 0 saturated carbocycles. The van der Waals surface area contributed by atoms with Gasteiger partial charge in [0.2, 0.25) is 0 Å². The van der Waals surface area contributed by atoms with Crippen molar-refractivity contribution in [1.82, 2.24) is 0 Å². The topological polar surface area (TPSA) is 66.8 Å². The number of rotatable bonds is 3. The summed E-state index contributed by atoms with van der Waals surface area (Å²) in [7, 11) is 0. The smallest absolute Gasteiger partial charge is 0.300 e. The van der Waals surface area contributed by atoms with E-state index in [9.17, 15) is 27.9 Å². The molecular formula is C25H16F3NO4. The van der Waals surface area contributed by atoms with Crippen LogP contribution in [0.25, 0.3) is 5.76 Å². The maximum atomic E-state index is 14.7. The molecule has 1 fully saturated rings. The number of carbonyl (C=O) groups is 2. The molecule has 1 atom stereocenters. The van der Waals surface area contributed by atoms with Crippen molar-refractivity contribution in [2.24, 2.45) is 0 Å². The molecule has 5 rings (SSSR count). The molecule has 2 aliphatic rings. The van der Waals surface area contributed by atoms with E-state index in [0.717, 1.165) is 34.7 Å². The van der Waals surface area contributed by atoms with Gasteiger partial charge in [0, 0.05) is 18.1 Å². The summed E-state index contributed by atoms with van der Waals surface area (Å²) in [5.41, 5.74) is 0.758. The second kappa shape index (κ2) is 7.81. The lowest BCUT2D eigenvalue weighted by molar-refractivity contribution is -0.132. The van der Waals surface area contributed by atoms with Gasteiger partial charge >= 0.3 is 0 Å². The number of carbonyl (C=O) groups excluding carboxylic acids is 2. The van der Waals surface area contributed by atoms with E-state index in [4.69, 9.17) is 4.74 Å². The zero-order valence-corrected chi connectivity index (χ0v) is 17.0. The van der Waals surface area contributed by atoms with Crippen LogP contribution in [-0.2, 0) is 16.0 Å². The van der Waals surface area contributed by atoms with Crippen LogP contribution in [0.4, 0.5) is 18.9 Å². The SMILES string of the molecule is O=C1C(=O)N(c2ccc(F)cc2F)C(c2ccc(F)cc2)/C1=C(/O)c1ccc2c(c1)CCO2. The van der Waals surface area contributed by atoms with Crippen molar-refractivity contribution >= 4 is 23.1 Å². The highest BCUT2D eigenvalue weighted by molar-refractivity contribution is 6.51. The van der Waals surface area contributed by atoms with Gasteiger partial charge in [-0.2, -0.15) is 0 Å². The van der Waals surface area contributed by atoms with E-state index < -0.39 is 40.9 Å². The van der Waals surface area contributed by atoms with Crippen molar-refractivity contribution in [2.75, 3.05) is 11.5 Å². The lowest BCUT2D eigenvalue weighted by Gasteiger charge is -2.25. The van der Waals surface area contributed by atoms with Gasteiger partial charge in [-0.3, -0.25) is 14.5 Å². The molecule has 33 heavy (non-hydrogen) atoms. The Labute approximate surface area is 186 Å². The molecule has 1 saturated heterocycles. The van der Waals surface area contributed by atoms with E-state index in [2.05, 4.69) is 0 Å². The largest absolute Gasteiger partial charge is 0.507 e. The first-order valence-corrected chi connectivity index (χ1v) is 10.1. The van der Waals surface area contributed by atoms with Gasteiger partial charge in [-0.1, -0.05) is 12.1 Å². The molecule has 8 heteroatoms. The number of fused-ring (bicyclic) bond motifs is 1. The third kappa shape index (κ3) is 3.44. The minimum Gasteiger partial charge on any atom is -0.507 e. The molecule has 5 nitrogen and oxygen atoms in total. The first-order valence-electron chi connectivity index (χ1n) is 10.1. The highest BCUT2D eigenvalue weighted by Gasteiger charge is 2.47. The Bertz CT molecular complexity index is 1330. The Morgan fingerprint density at radius 1 is 0.939 bits per heavy atom. The van der Waals surface area contributed by atoms with Gasteiger partial charge in [0.15, 0.2) is 0 Å². The number of amides is 1. The molecule has 0 spiro atoms. The average molecular weight is 451 g/mol. The van der Waals surface area contributed by atoms with Crippen LogP contribution in [-0.4, -0.2) is 23.4 Å². The normalized spacial score (nSPS) is 19.0. The fourth-order valence-electron chi connectivity index (χ4n) is 4.21. The van der Waals surface area contributed by atoms with Crippen molar-refractivity contribution in [3.63, 3.8) is 0 Å². The van der Waals surface area contributed by atoms with E-state index >= 15 is 0 Å². The van der Waals surface area contributed by atoms with E-state index in [1.54, 1.807) is 18.2 Å². The first kappa shape index (κ1) is 20.8. The Morgan fingerprint density at radius 2 is 1.67 bits per heavy atom. The summed E-state index contributed by atoms with van der Waals surface area (Å²) in [6.07, 6.45) is 0.618. The van der Waals surface area contributed by atoms with Gasteiger partial charge in [-0.25, -0.2) is 13.2 Å². The lowest BCUT2D eigenvalue weighted by atomic mass is 9.94. The fourth-order valence-corrected chi connectivity index (χ4v) is 4.21. The Hall–Kier alpha value is -4.07. The molecule has 2 aliphatic heterocycles. The molecule has 3 aromatic rings. The van der Waals surface area contributed by atoms with Crippen LogP contribution in [0.3, 0.4) is 0 Å². The fraction of sp³-hybridized carbons (Fsp3) is 0.120. The quantitative estimate of drug-likeness (QED) is 0.357. The number of halogens is 3.